The third-order valence-electron chi connectivity index (χ3n) is 0. The van der Waals surface area contributed by atoms with Gasteiger partial charge in [-0.15, -0.1) is 24.8 Å². The molecule has 0 bridgehead atoms. The van der Waals surface area contributed by atoms with Gasteiger partial charge in [-0.05, 0) is 0 Å². The quantitative estimate of drug-likeness (QED) is 0.479. The van der Waals surface area contributed by atoms with E-state index in [9.17, 15) is 0 Å². The van der Waals surface area contributed by atoms with E-state index >= 15 is 0 Å². The van der Waals surface area contributed by atoms with Crippen molar-refractivity contribution in [1.82, 2.24) is 0 Å². The van der Waals surface area contributed by atoms with E-state index in [0.717, 1.165) is 17.4 Å². The van der Waals surface area contributed by atoms with E-state index in [2.05, 4.69) is 0 Å². The summed E-state index contributed by atoms with van der Waals surface area (Å²) in [6, 6.07) is 0. The van der Waals surface area contributed by atoms with Crippen molar-refractivity contribution in [2.45, 2.75) is 0 Å². The Morgan fingerprint density at radius 2 is 1.00 bits per heavy atom. The number of hydrogen-bond donors (Lipinski definition) is 0. The van der Waals surface area contributed by atoms with Crippen LogP contribution < -0.4 is 0 Å². The SMILES string of the molecule is Cl.Cl.[CH3-].[O]=[V]. The van der Waals surface area contributed by atoms with Crippen molar-refractivity contribution in [2.75, 3.05) is 0 Å². The summed E-state index contributed by atoms with van der Waals surface area (Å²) in [5.41, 5.74) is 0. The van der Waals surface area contributed by atoms with Gasteiger partial charge in [-0.3, -0.25) is 0 Å². The molecule has 0 aromatic carbocycles. The van der Waals surface area contributed by atoms with Gasteiger partial charge in [0.25, 0.3) is 0 Å². The Hall–Kier alpha value is 0.964. The predicted octanol–water partition coefficient (Wildman–Crippen LogP) is 1.17. The molecular weight excluding hydrogens is 150 g/mol. The summed E-state index contributed by atoms with van der Waals surface area (Å²) in [6.45, 7) is 0. The summed E-state index contributed by atoms with van der Waals surface area (Å²) in [7, 11) is 0. The Balaban J connectivity index is -0.00000000167. The van der Waals surface area contributed by atoms with Gasteiger partial charge >= 0.3 is 21.0 Å². The first-order valence-electron chi connectivity index (χ1n) is 0.183. The fraction of sp³-hybridized carbons (Fsp3) is 0. The molecule has 0 aromatic rings. The maximum atomic E-state index is 8.19. The molecule has 0 aromatic heterocycles. The predicted molar refractivity (Wildman–Crippen MR) is 21.6 cm³/mol. The normalized spacial score (nSPS) is 0.600. The Morgan fingerprint density at radius 3 is 1.00 bits per heavy atom. The van der Waals surface area contributed by atoms with Crippen LogP contribution in [0.15, 0.2) is 0 Å². The molecule has 0 aliphatic rings. The van der Waals surface area contributed by atoms with Gasteiger partial charge in [0.2, 0.25) is 0 Å². The first kappa shape index (κ1) is 38.1. The van der Waals surface area contributed by atoms with Crippen LogP contribution in [0, 0.1) is 7.43 Å². The number of hydrogen-bond acceptors (Lipinski definition) is 1. The van der Waals surface area contributed by atoms with Crippen LogP contribution in [0.3, 0.4) is 0 Å². The molecule has 0 saturated carbocycles. The molecule has 4 heteroatoms. The van der Waals surface area contributed by atoms with Crippen LogP contribution in [0.4, 0.5) is 0 Å². The first-order valence-corrected chi connectivity index (χ1v) is 0.753. The van der Waals surface area contributed by atoms with Gasteiger partial charge in [0.1, 0.15) is 0 Å². The molecule has 0 radical (unpaired) electrons. The van der Waals surface area contributed by atoms with Gasteiger partial charge in [-0.1, -0.05) is 0 Å². The van der Waals surface area contributed by atoms with Crippen molar-refractivity contribution in [1.29, 1.82) is 0 Å². The van der Waals surface area contributed by atoms with Crippen molar-refractivity contribution < 1.29 is 21.0 Å². The van der Waals surface area contributed by atoms with E-state index in [-0.39, 0.29) is 32.2 Å². The monoisotopic (exact) mass is 154 g/mol. The summed E-state index contributed by atoms with van der Waals surface area (Å²) in [6.07, 6.45) is 0. The fourth-order valence-electron chi connectivity index (χ4n) is 0. The molecule has 0 amide bonds. The van der Waals surface area contributed by atoms with E-state index in [0.29, 0.717) is 0 Å². The van der Waals surface area contributed by atoms with Crippen LogP contribution in [0.2, 0.25) is 0 Å². The van der Waals surface area contributed by atoms with Crippen LogP contribution in [0.1, 0.15) is 0 Å². The first-order chi connectivity index (χ1) is 1.00. The van der Waals surface area contributed by atoms with Crippen molar-refractivity contribution in [3.8, 4) is 0 Å². The molecule has 0 N–H and O–H groups in total. The summed E-state index contributed by atoms with van der Waals surface area (Å²) >= 11 is 1.06. The van der Waals surface area contributed by atoms with Crippen LogP contribution in [-0.2, 0) is 21.0 Å². The summed E-state index contributed by atoms with van der Waals surface area (Å²) in [5, 5.41) is 0. The van der Waals surface area contributed by atoms with Gasteiger partial charge < -0.3 is 7.43 Å². The standard InChI is InChI=1S/CH3.2ClH.O.V/h1H3;2*1H;;/q-1;;;;. The summed E-state index contributed by atoms with van der Waals surface area (Å²) in [5.74, 6) is 0. The van der Waals surface area contributed by atoms with Crippen LogP contribution >= 0.6 is 24.8 Å². The molecule has 0 rings (SSSR count). The molecular formula is CH5Cl2OV-. The number of halogens is 2. The minimum absolute atomic E-state index is 0. The van der Waals surface area contributed by atoms with Crippen LogP contribution in [0.25, 0.3) is 0 Å². The van der Waals surface area contributed by atoms with Gasteiger partial charge in [0, 0.05) is 0 Å². The molecule has 0 aliphatic carbocycles. The average Bonchev–Trinajstić information content (AvgIpc) is 1.00. The fourth-order valence-corrected chi connectivity index (χ4v) is 0. The Kier molecular flexibility index (Phi) is 639. The van der Waals surface area contributed by atoms with Crippen molar-refractivity contribution in [3.63, 3.8) is 0 Å². The molecule has 0 atom stereocenters. The molecule has 35 valence electrons. The van der Waals surface area contributed by atoms with Crippen molar-refractivity contribution >= 4 is 24.8 Å². The molecule has 0 heterocycles. The summed E-state index contributed by atoms with van der Waals surface area (Å²) in [4.78, 5) is 0. The average molecular weight is 155 g/mol. The van der Waals surface area contributed by atoms with E-state index in [1.54, 1.807) is 0 Å². The van der Waals surface area contributed by atoms with E-state index in [1.165, 1.54) is 0 Å². The molecule has 0 fully saturated rings. The summed E-state index contributed by atoms with van der Waals surface area (Å²) < 4.78 is 8.19. The van der Waals surface area contributed by atoms with E-state index < -0.39 is 0 Å². The van der Waals surface area contributed by atoms with Crippen LogP contribution in [-0.4, -0.2) is 0 Å². The number of rotatable bonds is 0. The zero-order valence-corrected chi connectivity index (χ0v) is 5.70. The van der Waals surface area contributed by atoms with Crippen molar-refractivity contribution in [3.05, 3.63) is 7.43 Å². The van der Waals surface area contributed by atoms with Gasteiger partial charge in [-0.25, -0.2) is 0 Å². The second kappa shape index (κ2) is 83.9. The molecule has 0 spiro atoms. The van der Waals surface area contributed by atoms with Crippen LogP contribution in [0.5, 0.6) is 0 Å². The zero-order valence-electron chi connectivity index (χ0n) is 2.67. The Bertz CT molecular complexity index is 9.61. The zero-order chi connectivity index (χ0) is 2.00. The maximum absolute atomic E-state index is 8.19. The Morgan fingerprint density at radius 1 is 1.00 bits per heavy atom. The third kappa shape index (κ3) is 46.9. The second-order valence-electron chi connectivity index (χ2n) is 0. The molecule has 5 heavy (non-hydrogen) atoms. The third-order valence-corrected chi connectivity index (χ3v) is 0. The minimum atomic E-state index is 0. The van der Waals surface area contributed by atoms with Gasteiger partial charge in [0.15, 0.2) is 0 Å². The molecule has 1 nitrogen and oxygen atoms in total. The Labute approximate surface area is 53.5 Å². The second-order valence-corrected chi connectivity index (χ2v) is 0. The van der Waals surface area contributed by atoms with Gasteiger partial charge in [-0.2, -0.15) is 0 Å². The molecule has 0 unspecified atom stereocenters. The van der Waals surface area contributed by atoms with E-state index in [4.69, 9.17) is 3.67 Å². The molecule has 0 saturated heterocycles. The topological polar surface area (TPSA) is 17.1 Å². The molecule has 0 aliphatic heterocycles. The van der Waals surface area contributed by atoms with Crippen molar-refractivity contribution in [2.24, 2.45) is 0 Å². The van der Waals surface area contributed by atoms with Gasteiger partial charge in [0.05, 0.1) is 0 Å². The van der Waals surface area contributed by atoms with E-state index in [1.807, 2.05) is 0 Å².